The van der Waals surface area contributed by atoms with E-state index < -0.39 is 5.54 Å². The highest BCUT2D eigenvalue weighted by Crippen LogP contribution is 2.02. The molecule has 0 aliphatic heterocycles. The lowest BCUT2D eigenvalue weighted by molar-refractivity contribution is 0.106. The molecule has 0 saturated carbocycles. The molecule has 3 heteroatoms. The Hall–Kier alpha value is -0.590. The maximum Gasteiger partial charge on any atom is 0.127 e. The van der Waals surface area contributed by atoms with Crippen LogP contribution in [0, 0.1) is 11.3 Å². The smallest absolute Gasteiger partial charge is 0.127 e. The highest BCUT2D eigenvalue weighted by Gasteiger charge is 2.22. The molecule has 12 heavy (non-hydrogen) atoms. The molecule has 1 N–H and O–H groups in total. The first-order chi connectivity index (χ1) is 5.68. The minimum Gasteiger partial charge on any atom is -0.379 e. The van der Waals surface area contributed by atoms with E-state index in [-0.39, 0.29) is 0 Å². The molecule has 0 aromatic heterocycles. The van der Waals surface area contributed by atoms with Gasteiger partial charge in [-0.1, -0.05) is 6.92 Å². The van der Waals surface area contributed by atoms with Crippen LogP contribution in [0.5, 0.6) is 0 Å². The number of nitrogens with zero attached hydrogens (tertiary/aromatic N) is 1. The molecule has 0 bridgehead atoms. The second kappa shape index (κ2) is 5.99. The van der Waals surface area contributed by atoms with Gasteiger partial charge in [0.2, 0.25) is 0 Å². The third-order valence-corrected chi connectivity index (χ3v) is 1.61. The fourth-order valence-electron chi connectivity index (χ4n) is 0.830. The topological polar surface area (TPSA) is 45.0 Å². The second-order valence-corrected chi connectivity index (χ2v) is 3.01. The molecule has 1 unspecified atom stereocenters. The molecule has 0 aromatic carbocycles. The minimum atomic E-state index is -0.522. The van der Waals surface area contributed by atoms with Crippen molar-refractivity contribution in [3.63, 3.8) is 0 Å². The maximum absolute atomic E-state index is 8.85. The Labute approximate surface area is 74.7 Å². The Bertz CT molecular complexity index is 143. The zero-order valence-corrected chi connectivity index (χ0v) is 8.18. The quantitative estimate of drug-likeness (QED) is 0.653. The molecule has 0 aliphatic carbocycles. The Morgan fingerprint density at radius 2 is 2.17 bits per heavy atom. The first-order valence-corrected chi connectivity index (χ1v) is 4.42. The molecule has 0 aliphatic rings. The average Bonchev–Trinajstić information content (AvgIpc) is 2.11. The lowest BCUT2D eigenvalue weighted by atomic mass is 10.1. The normalized spacial score (nSPS) is 15.2. The highest BCUT2D eigenvalue weighted by molar-refractivity contribution is 5.03. The number of hydrogen-bond donors (Lipinski definition) is 1. The summed E-state index contributed by atoms with van der Waals surface area (Å²) in [4.78, 5) is 0. The van der Waals surface area contributed by atoms with Crippen molar-refractivity contribution in [2.45, 2.75) is 32.7 Å². The SMILES string of the molecule is CCCNC(C)(C#N)COCC. The van der Waals surface area contributed by atoms with Gasteiger partial charge in [0.05, 0.1) is 12.7 Å². The highest BCUT2D eigenvalue weighted by atomic mass is 16.5. The van der Waals surface area contributed by atoms with Crippen molar-refractivity contribution in [1.82, 2.24) is 5.32 Å². The summed E-state index contributed by atoms with van der Waals surface area (Å²) >= 11 is 0. The molecule has 0 aromatic rings. The molecule has 0 heterocycles. The van der Waals surface area contributed by atoms with E-state index in [2.05, 4.69) is 18.3 Å². The van der Waals surface area contributed by atoms with Crippen molar-refractivity contribution in [2.24, 2.45) is 0 Å². The van der Waals surface area contributed by atoms with Gasteiger partial charge in [-0.15, -0.1) is 0 Å². The number of nitrogens with one attached hydrogen (secondary N) is 1. The molecule has 70 valence electrons. The van der Waals surface area contributed by atoms with Gasteiger partial charge in [-0.05, 0) is 26.8 Å². The molecule has 0 rings (SSSR count). The van der Waals surface area contributed by atoms with Crippen LogP contribution in [-0.4, -0.2) is 25.3 Å². The molecule has 0 saturated heterocycles. The summed E-state index contributed by atoms with van der Waals surface area (Å²) in [5.74, 6) is 0. The van der Waals surface area contributed by atoms with Gasteiger partial charge in [-0.2, -0.15) is 5.26 Å². The lowest BCUT2D eigenvalue weighted by Gasteiger charge is -2.22. The van der Waals surface area contributed by atoms with Crippen LogP contribution >= 0.6 is 0 Å². The molecule has 0 radical (unpaired) electrons. The van der Waals surface area contributed by atoms with Crippen molar-refractivity contribution in [1.29, 1.82) is 5.26 Å². The van der Waals surface area contributed by atoms with Crippen molar-refractivity contribution < 1.29 is 4.74 Å². The van der Waals surface area contributed by atoms with Gasteiger partial charge < -0.3 is 4.74 Å². The van der Waals surface area contributed by atoms with Gasteiger partial charge in [0, 0.05) is 6.61 Å². The fraction of sp³-hybridized carbons (Fsp3) is 0.889. The Balaban J connectivity index is 3.81. The second-order valence-electron chi connectivity index (χ2n) is 3.01. The van der Waals surface area contributed by atoms with Crippen LogP contribution in [0.4, 0.5) is 0 Å². The van der Waals surface area contributed by atoms with Crippen molar-refractivity contribution >= 4 is 0 Å². The van der Waals surface area contributed by atoms with Crippen molar-refractivity contribution in [3.05, 3.63) is 0 Å². The summed E-state index contributed by atoms with van der Waals surface area (Å²) in [6.45, 7) is 7.84. The number of ether oxygens (including phenoxy) is 1. The summed E-state index contributed by atoms with van der Waals surface area (Å²) < 4.78 is 5.20. The number of nitriles is 1. The van der Waals surface area contributed by atoms with Crippen LogP contribution in [-0.2, 0) is 4.74 Å². The van der Waals surface area contributed by atoms with E-state index in [0.29, 0.717) is 13.2 Å². The van der Waals surface area contributed by atoms with Gasteiger partial charge in [0.25, 0.3) is 0 Å². The van der Waals surface area contributed by atoms with Gasteiger partial charge >= 0.3 is 0 Å². The molecule has 3 nitrogen and oxygen atoms in total. The molecular weight excluding hydrogens is 152 g/mol. The van der Waals surface area contributed by atoms with Gasteiger partial charge in [0.1, 0.15) is 5.54 Å². The number of rotatable bonds is 6. The fourth-order valence-corrected chi connectivity index (χ4v) is 0.830. The Morgan fingerprint density at radius 3 is 2.58 bits per heavy atom. The summed E-state index contributed by atoms with van der Waals surface area (Å²) in [6.07, 6.45) is 1.03. The standard InChI is InChI=1S/C9H18N2O/c1-4-6-11-9(3,7-10)8-12-5-2/h11H,4-6,8H2,1-3H3. The van der Waals surface area contributed by atoms with Crippen molar-refractivity contribution in [3.8, 4) is 6.07 Å². The minimum absolute atomic E-state index is 0.458. The van der Waals surface area contributed by atoms with Crippen LogP contribution in [0.1, 0.15) is 27.2 Å². The van der Waals surface area contributed by atoms with Crippen LogP contribution in [0.25, 0.3) is 0 Å². The molecular formula is C9H18N2O. The maximum atomic E-state index is 8.85. The first-order valence-electron chi connectivity index (χ1n) is 4.42. The zero-order chi connectivity index (χ0) is 9.45. The third kappa shape index (κ3) is 4.32. The van der Waals surface area contributed by atoms with E-state index >= 15 is 0 Å². The first kappa shape index (κ1) is 11.4. The summed E-state index contributed by atoms with van der Waals surface area (Å²) in [7, 11) is 0. The van der Waals surface area contributed by atoms with Crippen LogP contribution in [0.2, 0.25) is 0 Å². The van der Waals surface area contributed by atoms with Crippen LogP contribution in [0.15, 0.2) is 0 Å². The molecule has 0 fully saturated rings. The summed E-state index contributed by atoms with van der Waals surface area (Å²) in [6, 6.07) is 2.21. The third-order valence-electron chi connectivity index (χ3n) is 1.61. The molecule has 1 atom stereocenters. The summed E-state index contributed by atoms with van der Waals surface area (Å²) in [5.41, 5.74) is -0.522. The predicted molar refractivity (Wildman–Crippen MR) is 48.8 cm³/mol. The van der Waals surface area contributed by atoms with E-state index in [1.54, 1.807) is 0 Å². The van der Waals surface area contributed by atoms with Crippen molar-refractivity contribution in [2.75, 3.05) is 19.8 Å². The number of hydrogen-bond acceptors (Lipinski definition) is 3. The monoisotopic (exact) mass is 170 g/mol. The van der Waals surface area contributed by atoms with E-state index in [4.69, 9.17) is 10.00 Å². The van der Waals surface area contributed by atoms with E-state index in [1.807, 2.05) is 13.8 Å². The van der Waals surface area contributed by atoms with E-state index in [1.165, 1.54) is 0 Å². The van der Waals surface area contributed by atoms with Gasteiger partial charge in [-0.25, -0.2) is 0 Å². The largest absolute Gasteiger partial charge is 0.379 e. The van der Waals surface area contributed by atoms with E-state index in [0.717, 1.165) is 13.0 Å². The molecule has 0 spiro atoms. The molecule has 0 amide bonds. The Morgan fingerprint density at radius 1 is 1.50 bits per heavy atom. The van der Waals surface area contributed by atoms with Gasteiger partial charge in [-0.3, -0.25) is 5.32 Å². The van der Waals surface area contributed by atoms with Gasteiger partial charge in [0.15, 0.2) is 0 Å². The van der Waals surface area contributed by atoms with E-state index in [9.17, 15) is 0 Å². The summed E-state index contributed by atoms with van der Waals surface area (Å²) in [5, 5.41) is 12.0. The lowest BCUT2D eigenvalue weighted by Crippen LogP contribution is -2.45. The van der Waals surface area contributed by atoms with Crippen LogP contribution in [0.3, 0.4) is 0 Å². The van der Waals surface area contributed by atoms with Crippen LogP contribution < -0.4 is 5.32 Å². The Kier molecular flexibility index (Phi) is 5.69. The zero-order valence-electron chi connectivity index (χ0n) is 8.18. The average molecular weight is 170 g/mol. The predicted octanol–water partition coefficient (Wildman–Crippen LogP) is 1.30.